The molecule has 0 saturated carbocycles. The second-order valence-corrected chi connectivity index (χ2v) is 10.2. The van der Waals surface area contributed by atoms with Crippen molar-refractivity contribution < 1.29 is 53.2 Å². The van der Waals surface area contributed by atoms with Crippen molar-refractivity contribution >= 4 is 47.7 Å². The van der Waals surface area contributed by atoms with Gasteiger partial charge in [0.1, 0.15) is 29.3 Å². The molecule has 0 aromatic rings. The summed E-state index contributed by atoms with van der Waals surface area (Å²) in [6, 6.07) is -1.31. The predicted molar refractivity (Wildman–Crippen MR) is 126 cm³/mol. The van der Waals surface area contributed by atoms with Crippen LogP contribution in [0.25, 0.3) is 0 Å². The van der Waals surface area contributed by atoms with Gasteiger partial charge in [0.15, 0.2) is 0 Å². The van der Waals surface area contributed by atoms with Crippen molar-refractivity contribution in [3.05, 3.63) is 11.3 Å². The summed E-state index contributed by atoms with van der Waals surface area (Å²) in [6.45, 7) is 4.44. The van der Waals surface area contributed by atoms with E-state index in [4.69, 9.17) is 15.2 Å². The molecular formula is C21H30N4O11S. The maximum absolute atomic E-state index is 13.0. The number of alkyl carbamates (subject to hydrolysis) is 1. The van der Waals surface area contributed by atoms with Crippen LogP contribution in [0.4, 0.5) is 9.59 Å². The van der Waals surface area contributed by atoms with E-state index in [1.54, 1.807) is 20.8 Å². The molecule has 2 aliphatic heterocycles. The molecule has 1 unspecified atom stereocenters. The third-order valence-electron chi connectivity index (χ3n) is 5.23. The third kappa shape index (κ3) is 7.03. The number of carboxylic acids is 2. The van der Waals surface area contributed by atoms with Crippen LogP contribution in [0.15, 0.2) is 11.3 Å². The first-order valence-corrected chi connectivity index (χ1v) is 12.1. The minimum Gasteiger partial charge on any atom is -0.480 e. The number of hydrogen-bond acceptors (Lipinski definition) is 10. The van der Waals surface area contributed by atoms with Crippen LogP contribution in [0, 0.1) is 0 Å². The molecule has 2 aliphatic rings. The molecule has 0 spiro atoms. The van der Waals surface area contributed by atoms with Gasteiger partial charge in [0.05, 0.1) is 0 Å². The van der Waals surface area contributed by atoms with E-state index >= 15 is 0 Å². The predicted octanol–water partition coefficient (Wildman–Crippen LogP) is -0.0574. The largest absolute Gasteiger partial charge is 0.480 e. The van der Waals surface area contributed by atoms with E-state index in [1.807, 2.05) is 0 Å². The van der Waals surface area contributed by atoms with Crippen LogP contribution in [0.2, 0.25) is 0 Å². The average Bonchev–Trinajstić information content (AvgIpc) is 2.78. The lowest BCUT2D eigenvalue weighted by Crippen LogP contribution is -2.80. The fraction of sp³-hybridized carbons (Fsp3) is 0.619. The number of rotatable bonds is 11. The van der Waals surface area contributed by atoms with Gasteiger partial charge in [-0.2, -0.15) is 0 Å². The minimum absolute atomic E-state index is 0.0307. The van der Waals surface area contributed by atoms with E-state index in [9.17, 15) is 39.0 Å². The molecule has 6 N–H and O–H groups in total. The number of β-lactam (4-membered cyclic amide) rings is 1. The average molecular weight is 547 g/mol. The van der Waals surface area contributed by atoms with Gasteiger partial charge in [0, 0.05) is 24.9 Å². The summed E-state index contributed by atoms with van der Waals surface area (Å²) in [5, 5.41) is 22.8. The molecule has 3 atom stereocenters. The molecule has 206 valence electrons. The smallest absolute Gasteiger partial charge is 0.408 e. The number of nitrogens with two attached hydrogens (primary N) is 1. The van der Waals surface area contributed by atoms with Crippen LogP contribution in [0.5, 0.6) is 0 Å². The minimum atomic E-state index is -1.85. The molecular weight excluding hydrogens is 516 g/mol. The van der Waals surface area contributed by atoms with Gasteiger partial charge in [-0.15, -0.1) is 11.8 Å². The first kappa shape index (κ1) is 29.7. The lowest BCUT2D eigenvalue weighted by molar-refractivity contribution is -0.192. The van der Waals surface area contributed by atoms with Crippen LogP contribution in [-0.2, 0) is 33.4 Å². The lowest BCUT2D eigenvalue weighted by Gasteiger charge is -2.55. The monoisotopic (exact) mass is 546 g/mol. The zero-order valence-corrected chi connectivity index (χ0v) is 21.5. The Balaban J connectivity index is 2.02. The van der Waals surface area contributed by atoms with Crippen molar-refractivity contribution in [2.45, 2.75) is 62.8 Å². The van der Waals surface area contributed by atoms with Crippen LogP contribution >= 0.6 is 11.8 Å². The van der Waals surface area contributed by atoms with E-state index in [0.29, 0.717) is 0 Å². The molecule has 0 aromatic heterocycles. The summed E-state index contributed by atoms with van der Waals surface area (Å²) in [5.41, 5.74) is 2.01. The van der Waals surface area contributed by atoms with Gasteiger partial charge < -0.3 is 40.8 Å². The second-order valence-electron chi connectivity index (χ2n) is 9.12. The molecule has 0 aromatic carbocycles. The van der Waals surface area contributed by atoms with E-state index in [1.165, 1.54) is 7.11 Å². The highest BCUT2D eigenvalue weighted by Crippen LogP contribution is 2.46. The number of ether oxygens (including phenoxy) is 3. The van der Waals surface area contributed by atoms with E-state index in [0.717, 1.165) is 16.7 Å². The molecule has 37 heavy (non-hydrogen) atoms. The number of amides is 4. The van der Waals surface area contributed by atoms with Gasteiger partial charge in [-0.05, 0) is 33.6 Å². The van der Waals surface area contributed by atoms with E-state index in [-0.39, 0.29) is 30.6 Å². The summed E-state index contributed by atoms with van der Waals surface area (Å²) < 4.78 is 15.0. The van der Waals surface area contributed by atoms with Crippen LogP contribution in [-0.4, -0.2) is 93.3 Å². The topological polar surface area (TPSA) is 224 Å². The van der Waals surface area contributed by atoms with Gasteiger partial charge in [-0.25, -0.2) is 19.2 Å². The van der Waals surface area contributed by atoms with Crippen molar-refractivity contribution in [3.63, 3.8) is 0 Å². The van der Waals surface area contributed by atoms with E-state index < -0.39 is 71.0 Å². The number of nitrogens with one attached hydrogen (secondary N) is 2. The maximum atomic E-state index is 13.0. The second kappa shape index (κ2) is 11.7. The van der Waals surface area contributed by atoms with Crippen LogP contribution in [0.3, 0.4) is 0 Å². The summed E-state index contributed by atoms with van der Waals surface area (Å²) in [7, 11) is 1.18. The van der Waals surface area contributed by atoms with E-state index in [2.05, 4.69) is 15.4 Å². The Hall–Kier alpha value is -3.53. The summed E-state index contributed by atoms with van der Waals surface area (Å²) in [6.07, 6.45) is -2.31. The molecule has 2 rings (SSSR count). The van der Waals surface area contributed by atoms with Gasteiger partial charge >= 0.3 is 24.1 Å². The molecule has 1 saturated heterocycles. The quantitative estimate of drug-likeness (QED) is 0.170. The van der Waals surface area contributed by atoms with Crippen molar-refractivity contribution in [3.8, 4) is 0 Å². The molecule has 0 radical (unpaired) electrons. The number of fused-ring (bicyclic) bond motifs is 1. The number of methoxy groups -OCH3 is 1. The highest BCUT2D eigenvalue weighted by Gasteiger charge is 2.66. The Morgan fingerprint density at radius 2 is 1.89 bits per heavy atom. The van der Waals surface area contributed by atoms with Gasteiger partial charge in [0.2, 0.25) is 5.91 Å². The zero-order valence-electron chi connectivity index (χ0n) is 20.7. The normalized spacial score (nSPS) is 21.8. The first-order chi connectivity index (χ1) is 17.1. The number of primary amides is 1. The first-order valence-electron chi connectivity index (χ1n) is 11.0. The highest BCUT2D eigenvalue weighted by atomic mass is 32.2. The molecule has 0 bridgehead atoms. The summed E-state index contributed by atoms with van der Waals surface area (Å²) in [5.74, 6) is -4.19. The zero-order chi connectivity index (χ0) is 28.1. The number of aliphatic carboxylic acids is 2. The molecule has 0 aliphatic carbocycles. The molecule has 4 amide bonds. The molecule has 2 heterocycles. The number of carbonyl (C=O) groups is 6. The number of carbonyl (C=O) groups excluding carboxylic acids is 4. The fourth-order valence-corrected chi connectivity index (χ4v) is 5.08. The summed E-state index contributed by atoms with van der Waals surface area (Å²) >= 11 is 1.09. The standard InChI is InChI=1S/C21H30N4O11S/c1-20(2,3)36-19(33)23-11(14(27)28)6-5-7-12(26)24-21(34-4)16(31)25-13(15(29)30)10(8-35-18(22)32)9-37-17(21)25/h11,17H,5-9H2,1-4H3,(H2,22,32)(H,23,33)(H,24,26)(H,27,28)(H,29,30)/t11?,17-,21-/m0/s1. The Kier molecular flexibility index (Phi) is 9.38. The van der Waals surface area contributed by atoms with Crippen LogP contribution in [0.1, 0.15) is 40.0 Å². The Labute approximate surface area is 216 Å². The lowest BCUT2D eigenvalue weighted by atomic mass is 9.97. The SMILES string of the molecule is CO[C@@]1(NC(=O)CCCC(NC(=O)OC(C)(C)C)C(=O)O)C(=O)N2C(C(=O)O)=C(COC(N)=O)CS[C@H]21. The molecule has 15 nitrogen and oxygen atoms in total. The molecule has 1 fully saturated rings. The Morgan fingerprint density at radius 3 is 2.41 bits per heavy atom. The Bertz CT molecular complexity index is 1010. The van der Waals surface area contributed by atoms with Gasteiger partial charge in [0.25, 0.3) is 11.6 Å². The van der Waals surface area contributed by atoms with Crippen molar-refractivity contribution in [2.24, 2.45) is 5.73 Å². The van der Waals surface area contributed by atoms with Crippen molar-refractivity contribution in [1.82, 2.24) is 15.5 Å². The maximum Gasteiger partial charge on any atom is 0.408 e. The van der Waals surface area contributed by atoms with Crippen molar-refractivity contribution in [2.75, 3.05) is 19.5 Å². The van der Waals surface area contributed by atoms with Crippen molar-refractivity contribution in [1.29, 1.82) is 0 Å². The fourth-order valence-electron chi connectivity index (χ4n) is 3.66. The highest BCUT2D eigenvalue weighted by molar-refractivity contribution is 8.00. The molecule has 16 heteroatoms. The number of carboxylic acid groups (broad SMARTS) is 2. The Morgan fingerprint density at radius 1 is 1.24 bits per heavy atom. The third-order valence-corrected chi connectivity index (χ3v) is 6.61. The van der Waals surface area contributed by atoms with Crippen LogP contribution < -0.4 is 16.4 Å². The summed E-state index contributed by atoms with van der Waals surface area (Å²) in [4.78, 5) is 72.6. The van der Waals surface area contributed by atoms with Gasteiger partial charge in [-0.3, -0.25) is 14.5 Å². The number of thioether (sulfide) groups is 1. The number of nitrogens with zero attached hydrogens (tertiary/aromatic N) is 1. The number of hydrogen-bond donors (Lipinski definition) is 5. The van der Waals surface area contributed by atoms with Gasteiger partial charge in [-0.1, -0.05) is 0 Å².